The summed E-state index contributed by atoms with van der Waals surface area (Å²) in [7, 11) is 0. The van der Waals surface area contributed by atoms with Crippen LogP contribution in [-0.2, 0) is 14.4 Å². The fourth-order valence-electron chi connectivity index (χ4n) is 2.29. The second kappa shape index (κ2) is 9.33. The molecule has 120 valence electrons. The SMILES string of the molecule is CCN(CC)CCCNC(=O)C(=O)N1CCN(C=O)CC1. The van der Waals surface area contributed by atoms with Gasteiger partial charge in [-0.2, -0.15) is 0 Å². The van der Waals surface area contributed by atoms with Gasteiger partial charge in [0.25, 0.3) is 0 Å². The fraction of sp³-hybridized carbons (Fsp3) is 0.786. The zero-order chi connectivity index (χ0) is 15.7. The molecular formula is C14H26N4O3. The molecule has 0 spiro atoms. The predicted octanol–water partition coefficient (Wildman–Crippen LogP) is -0.865. The van der Waals surface area contributed by atoms with Crippen molar-refractivity contribution >= 4 is 18.2 Å². The van der Waals surface area contributed by atoms with Crippen molar-refractivity contribution in [2.45, 2.75) is 20.3 Å². The Morgan fingerprint density at radius 3 is 2.29 bits per heavy atom. The third-order valence-electron chi connectivity index (χ3n) is 3.78. The third-order valence-corrected chi connectivity index (χ3v) is 3.78. The molecule has 1 rings (SSSR count). The zero-order valence-electron chi connectivity index (χ0n) is 13.0. The first kappa shape index (κ1) is 17.4. The Labute approximate surface area is 126 Å². The highest BCUT2D eigenvalue weighted by Gasteiger charge is 2.25. The number of hydrogen-bond acceptors (Lipinski definition) is 4. The first-order valence-electron chi connectivity index (χ1n) is 7.61. The van der Waals surface area contributed by atoms with Gasteiger partial charge in [0.15, 0.2) is 0 Å². The Morgan fingerprint density at radius 1 is 1.14 bits per heavy atom. The monoisotopic (exact) mass is 298 g/mol. The molecule has 0 saturated carbocycles. The van der Waals surface area contributed by atoms with E-state index in [1.807, 2.05) is 0 Å². The normalized spacial score (nSPS) is 15.2. The van der Waals surface area contributed by atoms with E-state index in [9.17, 15) is 14.4 Å². The standard InChI is InChI=1S/C14H26N4O3/c1-3-16(4-2)7-5-6-15-13(20)14(21)18-10-8-17(12-19)9-11-18/h12H,3-11H2,1-2H3,(H,15,20). The molecule has 0 aromatic carbocycles. The molecule has 0 aromatic rings. The maximum atomic E-state index is 11.9. The molecule has 1 fully saturated rings. The highest BCUT2D eigenvalue weighted by molar-refractivity contribution is 6.35. The highest BCUT2D eigenvalue weighted by Crippen LogP contribution is 2.00. The van der Waals surface area contributed by atoms with Gasteiger partial charge in [-0.25, -0.2) is 0 Å². The summed E-state index contributed by atoms with van der Waals surface area (Å²) in [5.74, 6) is -1.04. The Morgan fingerprint density at radius 2 is 1.76 bits per heavy atom. The lowest BCUT2D eigenvalue weighted by molar-refractivity contribution is -0.147. The molecule has 7 heteroatoms. The van der Waals surface area contributed by atoms with E-state index in [4.69, 9.17) is 0 Å². The van der Waals surface area contributed by atoms with E-state index in [0.717, 1.165) is 32.5 Å². The third kappa shape index (κ3) is 5.71. The number of rotatable bonds is 7. The first-order valence-corrected chi connectivity index (χ1v) is 7.61. The van der Waals surface area contributed by atoms with E-state index in [2.05, 4.69) is 24.1 Å². The van der Waals surface area contributed by atoms with Gasteiger partial charge in [-0.15, -0.1) is 0 Å². The molecule has 1 N–H and O–H groups in total. The maximum Gasteiger partial charge on any atom is 0.312 e. The molecule has 0 radical (unpaired) electrons. The van der Waals surface area contributed by atoms with Gasteiger partial charge < -0.3 is 20.0 Å². The number of piperazine rings is 1. The van der Waals surface area contributed by atoms with Gasteiger partial charge >= 0.3 is 11.8 Å². The van der Waals surface area contributed by atoms with E-state index in [1.165, 1.54) is 4.90 Å². The number of nitrogens with one attached hydrogen (secondary N) is 1. The molecule has 1 aliphatic heterocycles. The minimum atomic E-state index is -0.547. The van der Waals surface area contributed by atoms with E-state index in [-0.39, 0.29) is 0 Å². The van der Waals surface area contributed by atoms with Crippen LogP contribution in [0, 0.1) is 0 Å². The summed E-state index contributed by atoms with van der Waals surface area (Å²) in [4.78, 5) is 39.7. The number of carbonyl (C=O) groups is 3. The summed E-state index contributed by atoms with van der Waals surface area (Å²) in [6.07, 6.45) is 1.61. The fourth-order valence-corrected chi connectivity index (χ4v) is 2.29. The first-order chi connectivity index (χ1) is 10.1. The Hall–Kier alpha value is -1.63. The topological polar surface area (TPSA) is 73.0 Å². The van der Waals surface area contributed by atoms with Gasteiger partial charge in [0.05, 0.1) is 0 Å². The molecule has 7 nitrogen and oxygen atoms in total. The molecule has 21 heavy (non-hydrogen) atoms. The van der Waals surface area contributed by atoms with Crippen LogP contribution < -0.4 is 5.32 Å². The Kier molecular flexibility index (Phi) is 7.74. The number of nitrogens with zero attached hydrogens (tertiary/aromatic N) is 3. The predicted molar refractivity (Wildman–Crippen MR) is 79.6 cm³/mol. The quantitative estimate of drug-likeness (QED) is 0.377. The van der Waals surface area contributed by atoms with Crippen LogP contribution in [0.25, 0.3) is 0 Å². The van der Waals surface area contributed by atoms with Crippen LogP contribution in [-0.4, -0.2) is 85.3 Å². The molecule has 0 bridgehead atoms. The van der Waals surface area contributed by atoms with Gasteiger partial charge in [0, 0.05) is 32.7 Å². The van der Waals surface area contributed by atoms with Gasteiger partial charge in [-0.1, -0.05) is 13.8 Å². The lowest BCUT2D eigenvalue weighted by Crippen LogP contribution is -2.52. The summed E-state index contributed by atoms with van der Waals surface area (Å²) in [5, 5.41) is 2.67. The van der Waals surface area contributed by atoms with E-state index < -0.39 is 11.8 Å². The van der Waals surface area contributed by atoms with Gasteiger partial charge in [0.2, 0.25) is 6.41 Å². The molecule has 0 unspecified atom stereocenters. The lowest BCUT2D eigenvalue weighted by Gasteiger charge is -2.32. The zero-order valence-corrected chi connectivity index (χ0v) is 13.0. The van der Waals surface area contributed by atoms with Gasteiger partial charge in [-0.05, 0) is 26.1 Å². The Bertz CT molecular complexity index is 350. The number of hydrogen-bond donors (Lipinski definition) is 1. The number of carbonyl (C=O) groups excluding carboxylic acids is 3. The van der Waals surface area contributed by atoms with Crippen molar-refractivity contribution in [3.05, 3.63) is 0 Å². The van der Waals surface area contributed by atoms with Crippen molar-refractivity contribution < 1.29 is 14.4 Å². The maximum absolute atomic E-state index is 11.9. The van der Waals surface area contributed by atoms with Gasteiger partial charge in [-0.3, -0.25) is 14.4 Å². The molecule has 1 heterocycles. The van der Waals surface area contributed by atoms with Crippen molar-refractivity contribution in [3.8, 4) is 0 Å². The largest absolute Gasteiger partial charge is 0.348 e. The molecule has 0 aromatic heterocycles. The average molecular weight is 298 g/mol. The van der Waals surface area contributed by atoms with Crippen LogP contribution in [0.15, 0.2) is 0 Å². The van der Waals surface area contributed by atoms with Crippen LogP contribution >= 0.6 is 0 Å². The summed E-state index contributed by atoms with van der Waals surface area (Å²) in [6, 6.07) is 0. The van der Waals surface area contributed by atoms with Crippen LogP contribution in [0.5, 0.6) is 0 Å². The molecule has 1 saturated heterocycles. The summed E-state index contributed by atoms with van der Waals surface area (Å²) in [6.45, 7) is 9.43. The Balaban J connectivity index is 2.22. The van der Waals surface area contributed by atoms with Crippen LogP contribution in [0.1, 0.15) is 20.3 Å². The lowest BCUT2D eigenvalue weighted by atomic mass is 10.3. The molecule has 0 atom stereocenters. The van der Waals surface area contributed by atoms with Gasteiger partial charge in [0.1, 0.15) is 0 Å². The van der Waals surface area contributed by atoms with E-state index in [1.54, 1.807) is 4.90 Å². The van der Waals surface area contributed by atoms with Crippen molar-refractivity contribution in [2.24, 2.45) is 0 Å². The second-order valence-electron chi connectivity index (χ2n) is 5.07. The molecular weight excluding hydrogens is 272 g/mol. The molecule has 3 amide bonds. The van der Waals surface area contributed by atoms with E-state index >= 15 is 0 Å². The molecule has 1 aliphatic rings. The highest BCUT2D eigenvalue weighted by atomic mass is 16.2. The van der Waals surface area contributed by atoms with Crippen LogP contribution in [0.2, 0.25) is 0 Å². The van der Waals surface area contributed by atoms with Crippen LogP contribution in [0.3, 0.4) is 0 Å². The summed E-state index contributed by atoms with van der Waals surface area (Å²) >= 11 is 0. The van der Waals surface area contributed by atoms with Crippen molar-refractivity contribution in [1.29, 1.82) is 0 Å². The number of amides is 3. The average Bonchev–Trinajstić information content (AvgIpc) is 2.54. The van der Waals surface area contributed by atoms with E-state index in [0.29, 0.717) is 32.7 Å². The smallest absolute Gasteiger partial charge is 0.312 e. The minimum Gasteiger partial charge on any atom is -0.348 e. The van der Waals surface area contributed by atoms with Crippen LogP contribution in [0.4, 0.5) is 0 Å². The molecule has 0 aliphatic carbocycles. The summed E-state index contributed by atoms with van der Waals surface area (Å²) in [5.41, 5.74) is 0. The van der Waals surface area contributed by atoms with Crippen molar-refractivity contribution in [1.82, 2.24) is 20.0 Å². The minimum absolute atomic E-state index is 0.421. The second-order valence-corrected chi connectivity index (χ2v) is 5.07. The summed E-state index contributed by atoms with van der Waals surface area (Å²) < 4.78 is 0. The van der Waals surface area contributed by atoms with Crippen molar-refractivity contribution in [2.75, 3.05) is 52.4 Å². The van der Waals surface area contributed by atoms with Crippen molar-refractivity contribution in [3.63, 3.8) is 0 Å².